The smallest absolute Gasteiger partial charge is 0.337 e. The molecule has 0 aromatic carbocycles. The molecule has 0 atom stereocenters. The largest absolute Gasteiger partial charge is 0.544 e. The Bertz CT molecular complexity index is 601. The van der Waals surface area contributed by atoms with Crippen molar-refractivity contribution in [1.82, 2.24) is 0 Å². The molecule has 5 nitrogen and oxygen atoms in total. The lowest BCUT2D eigenvalue weighted by atomic mass is 10.2. The second kappa shape index (κ2) is 8.71. The first-order valence-corrected chi connectivity index (χ1v) is 11.5. The van der Waals surface area contributed by atoms with Crippen molar-refractivity contribution in [2.24, 2.45) is 0 Å². The van der Waals surface area contributed by atoms with Crippen LogP contribution >= 0.6 is 0 Å². The number of allylic oxidation sites excluding steroid dienone is 1. The lowest BCUT2D eigenvalue weighted by Crippen LogP contribution is -2.40. The first-order chi connectivity index (χ1) is 11.5. The van der Waals surface area contributed by atoms with Crippen LogP contribution in [-0.2, 0) is 23.5 Å². The van der Waals surface area contributed by atoms with E-state index in [0.29, 0.717) is 11.3 Å². The first-order valence-electron chi connectivity index (χ1n) is 8.61. The van der Waals surface area contributed by atoms with Gasteiger partial charge in [-0.25, -0.2) is 9.59 Å². The third-order valence-electron chi connectivity index (χ3n) is 4.03. The monoisotopic (exact) mass is 382 g/mol. The fourth-order valence-corrected chi connectivity index (χ4v) is 2.49. The van der Waals surface area contributed by atoms with Crippen molar-refractivity contribution < 1.29 is 23.5 Å². The maximum atomic E-state index is 12.0. The number of rotatable bonds is 7. The Kier molecular flexibility index (Phi) is 8.10. The molecule has 0 rings (SSSR count). The third kappa shape index (κ3) is 8.51. The number of hydrogen-bond donors (Lipinski definition) is 0. The van der Waals surface area contributed by atoms with Gasteiger partial charge in [-0.15, -0.1) is 0 Å². The zero-order valence-corrected chi connectivity index (χ0v) is 18.7. The Morgan fingerprint density at radius 3 is 1.96 bits per heavy atom. The van der Waals surface area contributed by atoms with Gasteiger partial charge in [0.2, 0.25) is 8.32 Å². The molecule has 0 aliphatic rings. The fraction of sp³-hybridized carbons (Fsp3) is 0.600. The van der Waals surface area contributed by atoms with Crippen molar-refractivity contribution in [3.8, 4) is 0 Å². The summed E-state index contributed by atoms with van der Waals surface area (Å²) in [6.07, 6.45) is 1.30. The Labute approximate surface area is 159 Å². The SMILES string of the molecule is C=C(COC(=O)/C=C(\C)C(=C)O[Si](C)(C)C(C)(C)C)C(=O)OC(C)(C)C. The summed E-state index contributed by atoms with van der Waals surface area (Å²) >= 11 is 0. The molecule has 0 fully saturated rings. The fourth-order valence-electron chi connectivity index (χ4n) is 1.41. The van der Waals surface area contributed by atoms with Crippen LogP contribution < -0.4 is 0 Å². The molecule has 0 radical (unpaired) electrons. The van der Waals surface area contributed by atoms with Crippen LogP contribution in [0.1, 0.15) is 48.5 Å². The topological polar surface area (TPSA) is 61.8 Å². The highest BCUT2D eigenvalue weighted by Gasteiger charge is 2.39. The highest BCUT2D eigenvalue weighted by Crippen LogP contribution is 2.38. The minimum absolute atomic E-state index is 0.0296. The van der Waals surface area contributed by atoms with Crippen molar-refractivity contribution in [3.05, 3.63) is 36.1 Å². The molecular formula is C20H34O5Si. The Hall–Kier alpha value is -1.82. The van der Waals surface area contributed by atoms with E-state index in [4.69, 9.17) is 13.9 Å². The molecule has 0 heterocycles. The Balaban J connectivity index is 4.72. The van der Waals surface area contributed by atoms with E-state index < -0.39 is 25.9 Å². The summed E-state index contributed by atoms with van der Waals surface area (Å²) in [4.78, 5) is 23.7. The number of esters is 2. The van der Waals surface area contributed by atoms with E-state index >= 15 is 0 Å². The van der Waals surface area contributed by atoms with E-state index in [2.05, 4.69) is 47.0 Å². The van der Waals surface area contributed by atoms with Gasteiger partial charge in [0.1, 0.15) is 12.2 Å². The van der Waals surface area contributed by atoms with Crippen LogP contribution in [0.5, 0.6) is 0 Å². The number of ether oxygens (including phenoxy) is 2. The molecule has 26 heavy (non-hydrogen) atoms. The van der Waals surface area contributed by atoms with Crippen molar-refractivity contribution in [3.63, 3.8) is 0 Å². The van der Waals surface area contributed by atoms with Crippen LogP contribution in [0.2, 0.25) is 18.1 Å². The third-order valence-corrected chi connectivity index (χ3v) is 8.40. The Morgan fingerprint density at radius 1 is 1.04 bits per heavy atom. The number of carbonyl (C=O) groups excluding carboxylic acids is 2. The summed E-state index contributed by atoms with van der Waals surface area (Å²) in [5.74, 6) is -0.719. The summed E-state index contributed by atoms with van der Waals surface area (Å²) in [6, 6.07) is 0. The van der Waals surface area contributed by atoms with Crippen molar-refractivity contribution in [2.45, 2.75) is 72.2 Å². The summed E-state index contributed by atoms with van der Waals surface area (Å²) in [7, 11) is -2.02. The van der Waals surface area contributed by atoms with Crippen molar-refractivity contribution in [2.75, 3.05) is 6.61 Å². The molecule has 0 aliphatic carbocycles. The molecule has 0 aromatic rings. The lowest BCUT2D eigenvalue weighted by molar-refractivity contribution is -0.151. The maximum absolute atomic E-state index is 12.0. The van der Waals surface area contributed by atoms with E-state index in [1.54, 1.807) is 27.7 Å². The van der Waals surface area contributed by atoms with Crippen molar-refractivity contribution in [1.29, 1.82) is 0 Å². The molecule has 6 heteroatoms. The summed E-state index contributed by atoms with van der Waals surface area (Å²) < 4.78 is 16.3. The summed E-state index contributed by atoms with van der Waals surface area (Å²) in [5.41, 5.74) is 0.0395. The standard InChI is InChI=1S/C20H34O5Si/c1-14(16(3)25-26(10,11)20(7,8)9)12-17(21)23-13-15(2)18(22)24-19(4,5)6/h12H,2-3,13H2,1,4-11H3/b14-12+. The van der Waals surface area contributed by atoms with Crippen LogP contribution in [0.25, 0.3) is 0 Å². The van der Waals surface area contributed by atoms with Gasteiger partial charge in [-0.3, -0.25) is 0 Å². The van der Waals surface area contributed by atoms with Gasteiger partial charge in [-0.05, 0) is 51.4 Å². The molecule has 0 aliphatic heterocycles. The molecule has 0 N–H and O–H groups in total. The minimum Gasteiger partial charge on any atom is -0.544 e. The Morgan fingerprint density at radius 2 is 1.54 bits per heavy atom. The molecule has 0 unspecified atom stereocenters. The van der Waals surface area contributed by atoms with E-state index in [9.17, 15) is 9.59 Å². The van der Waals surface area contributed by atoms with Crippen LogP contribution in [0.3, 0.4) is 0 Å². The molecule has 0 bridgehead atoms. The van der Waals surface area contributed by atoms with Gasteiger partial charge >= 0.3 is 11.9 Å². The zero-order chi connectivity index (χ0) is 20.9. The normalized spacial score (nSPS) is 13.0. The van der Waals surface area contributed by atoms with Gasteiger partial charge in [0.25, 0.3) is 0 Å². The first kappa shape index (κ1) is 24.2. The second-order valence-corrected chi connectivity index (χ2v) is 13.6. The molecule has 0 aromatic heterocycles. The maximum Gasteiger partial charge on any atom is 0.337 e. The van der Waals surface area contributed by atoms with Gasteiger partial charge in [-0.2, -0.15) is 0 Å². The number of carbonyl (C=O) groups is 2. The predicted octanol–water partition coefficient (Wildman–Crippen LogP) is 4.91. The highest BCUT2D eigenvalue weighted by molar-refractivity contribution is 6.74. The second-order valence-electron chi connectivity index (χ2n) is 8.83. The van der Waals surface area contributed by atoms with E-state index in [0.717, 1.165) is 0 Å². The minimum atomic E-state index is -2.02. The van der Waals surface area contributed by atoms with E-state index in [1.165, 1.54) is 6.08 Å². The van der Waals surface area contributed by atoms with E-state index in [1.807, 2.05) is 0 Å². The summed E-state index contributed by atoms with van der Waals surface area (Å²) in [5, 5.41) is 0.0296. The number of hydrogen-bond acceptors (Lipinski definition) is 5. The van der Waals surface area contributed by atoms with Gasteiger partial charge in [-0.1, -0.05) is 33.9 Å². The van der Waals surface area contributed by atoms with E-state index in [-0.39, 0.29) is 17.2 Å². The molecule has 0 spiro atoms. The predicted molar refractivity (Wildman–Crippen MR) is 107 cm³/mol. The van der Waals surface area contributed by atoms with Crippen LogP contribution in [0.15, 0.2) is 36.1 Å². The van der Waals surface area contributed by atoms with Crippen LogP contribution in [0, 0.1) is 0 Å². The average Bonchev–Trinajstić information content (AvgIpc) is 2.40. The summed E-state index contributed by atoms with van der Waals surface area (Å²) in [6.45, 7) is 24.9. The molecular weight excluding hydrogens is 348 g/mol. The van der Waals surface area contributed by atoms with Gasteiger partial charge in [0.05, 0.1) is 11.3 Å². The van der Waals surface area contributed by atoms with Gasteiger partial charge in [0, 0.05) is 6.08 Å². The average molecular weight is 383 g/mol. The molecule has 0 saturated carbocycles. The van der Waals surface area contributed by atoms with Crippen LogP contribution in [0.4, 0.5) is 0 Å². The van der Waals surface area contributed by atoms with Gasteiger partial charge in [0.15, 0.2) is 0 Å². The zero-order valence-electron chi connectivity index (χ0n) is 17.7. The molecule has 0 saturated heterocycles. The molecule has 148 valence electrons. The quantitative estimate of drug-likeness (QED) is 0.206. The highest BCUT2D eigenvalue weighted by atomic mass is 28.4. The van der Waals surface area contributed by atoms with Gasteiger partial charge < -0.3 is 13.9 Å². The van der Waals surface area contributed by atoms with Crippen molar-refractivity contribution >= 4 is 20.3 Å². The molecule has 0 amide bonds. The van der Waals surface area contributed by atoms with Crippen LogP contribution in [-0.4, -0.2) is 32.5 Å². The lowest BCUT2D eigenvalue weighted by Gasteiger charge is -2.37.